The van der Waals surface area contributed by atoms with Gasteiger partial charge in [-0.1, -0.05) is 36.5 Å². The number of aromatic amines is 1. The van der Waals surface area contributed by atoms with E-state index < -0.39 is 0 Å². The van der Waals surface area contributed by atoms with Crippen molar-refractivity contribution in [2.45, 2.75) is 38.0 Å². The molecule has 2 aliphatic carbocycles. The van der Waals surface area contributed by atoms with Gasteiger partial charge in [-0.3, -0.25) is 0 Å². The van der Waals surface area contributed by atoms with Crippen molar-refractivity contribution in [3.63, 3.8) is 0 Å². The van der Waals surface area contributed by atoms with Gasteiger partial charge in [0, 0.05) is 17.2 Å². The van der Waals surface area contributed by atoms with E-state index in [1.165, 1.54) is 35.2 Å². The molecule has 1 unspecified atom stereocenters. The van der Waals surface area contributed by atoms with Gasteiger partial charge in [0.25, 0.3) is 0 Å². The minimum Gasteiger partial charge on any atom is -0.346 e. The highest BCUT2D eigenvalue weighted by atomic mass is 32.1. The average Bonchev–Trinajstić information content (AvgIpc) is 2.40. The zero-order chi connectivity index (χ0) is 12.8. The summed E-state index contributed by atoms with van der Waals surface area (Å²) in [6.45, 7) is 0. The zero-order valence-electron chi connectivity index (χ0n) is 10.8. The highest BCUT2D eigenvalue weighted by Gasteiger charge is 2.29. The molecule has 2 aromatic rings. The molecule has 1 aromatic heterocycles. The summed E-state index contributed by atoms with van der Waals surface area (Å²) in [5.41, 5.74) is 5.49. The molecule has 1 atom stereocenters. The summed E-state index contributed by atoms with van der Waals surface area (Å²) in [6.07, 6.45) is 5.83. The first-order valence-electron chi connectivity index (χ1n) is 7.02. The van der Waals surface area contributed by atoms with E-state index >= 15 is 0 Å². The fraction of sp³-hybridized carbons (Fsp3) is 0.375. The van der Waals surface area contributed by atoms with Crippen molar-refractivity contribution >= 4 is 12.2 Å². The first kappa shape index (κ1) is 11.4. The quantitative estimate of drug-likeness (QED) is 0.799. The smallest absolute Gasteiger partial charge is 0.133 e. The van der Waals surface area contributed by atoms with Crippen LogP contribution >= 0.6 is 12.2 Å². The summed E-state index contributed by atoms with van der Waals surface area (Å²) in [5, 5.41) is 0. The summed E-state index contributed by atoms with van der Waals surface area (Å²) < 4.78 is 0.827. The number of nitrogens with zero attached hydrogens (tertiary/aromatic N) is 1. The molecule has 1 N–H and O–H groups in total. The van der Waals surface area contributed by atoms with Crippen LogP contribution in [0.1, 0.15) is 47.0 Å². The minimum absolute atomic E-state index is 0.421. The van der Waals surface area contributed by atoms with Crippen LogP contribution < -0.4 is 0 Å². The molecule has 0 saturated heterocycles. The molecule has 19 heavy (non-hydrogen) atoms. The van der Waals surface area contributed by atoms with Crippen molar-refractivity contribution < 1.29 is 0 Å². The molecule has 3 heteroatoms. The van der Waals surface area contributed by atoms with Crippen LogP contribution in [0.4, 0.5) is 0 Å². The molecule has 2 aliphatic rings. The monoisotopic (exact) mass is 268 g/mol. The van der Waals surface area contributed by atoms with Gasteiger partial charge in [-0.25, -0.2) is 4.98 Å². The number of nitrogens with one attached hydrogen (secondary N) is 1. The average molecular weight is 268 g/mol. The predicted octanol–water partition coefficient (Wildman–Crippen LogP) is 3.71. The van der Waals surface area contributed by atoms with Gasteiger partial charge in [0.2, 0.25) is 0 Å². The second-order valence-electron chi connectivity index (χ2n) is 5.55. The SMILES string of the molecule is S=c1nc(C2Cc3ccccc32)[nH]c2c1CCCC2. The second-order valence-corrected chi connectivity index (χ2v) is 5.93. The number of hydrogen-bond donors (Lipinski definition) is 1. The Labute approximate surface area is 117 Å². The van der Waals surface area contributed by atoms with Crippen molar-refractivity contribution in [2.75, 3.05) is 0 Å². The molecule has 0 radical (unpaired) electrons. The fourth-order valence-corrected chi connectivity index (χ4v) is 3.63. The molecule has 2 nitrogen and oxygen atoms in total. The van der Waals surface area contributed by atoms with Crippen molar-refractivity contribution in [2.24, 2.45) is 0 Å². The second kappa shape index (κ2) is 4.27. The van der Waals surface area contributed by atoms with Gasteiger partial charge >= 0.3 is 0 Å². The Bertz CT molecular complexity index is 702. The van der Waals surface area contributed by atoms with Gasteiger partial charge in [-0.2, -0.15) is 0 Å². The lowest BCUT2D eigenvalue weighted by atomic mass is 9.77. The molecule has 96 valence electrons. The van der Waals surface area contributed by atoms with Crippen molar-refractivity contribution in [1.29, 1.82) is 0 Å². The first-order chi connectivity index (χ1) is 9.33. The molecule has 0 spiro atoms. The van der Waals surface area contributed by atoms with Crippen LogP contribution in [-0.4, -0.2) is 9.97 Å². The fourth-order valence-electron chi connectivity index (χ4n) is 3.31. The van der Waals surface area contributed by atoms with E-state index in [-0.39, 0.29) is 0 Å². The molecule has 1 heterocycles. The van der Waals surface area contributed by atoms with Crippen molar-refractivity contribution in [3.8, 4) is 0 Å². The highest BCUT2D eigenvalue weighted by molar-refractivity contribution is 7.71. The number of H-pyrrole nitrogens is 1. The molecule has 0 aliphatic heterocycles. The van der Waals surface area contributed by atoms with Gasteiger partial charge in [0.1, 0.15) is 10.5 Å². The number of hydrogen-bond acceptors (Lipinski definition) is 2. The van der Waals surface area contributed by atoms with E-state index in [4.69, 9.17) is 12.2 Å². The normalized spacial score (nSPS) is 20.3. The Morgan fingerprint density at radius 3 is 2.89 bits per heavy atom. The Kier molecular flexibility index (Phi) is 2.55. The lowest BCUT2D eigenvalue weighted by Crippen LogP contribution is -2.22. The summed E-state index contributed by atoms with van der Waals surface area (Å²) in [4.78, 5) is 8.24. The maximum Gasteiger partial charge on any atom is 0.133 e. The van der Waals surface area contributed by atoms with E-state index in [2.05, 4.69) is 34.2 Å². The molecule has 0 saturated carbocycles. The molecule has 1 aromatic carbocycles. The Balaban J connectivity index is 1.78. The number of aromatic nitrogens is 2. The standard InChI is InChI=1S/C16H16N2S/c19-16-12-7-3-4-8-14(12)17-15(18-16)13-9-10-5-1-2-6-11(10)13/h1-2,5-6,13H,3-4,7-9H2,(H,17,18,19). The minimum atomic E-state index is 0.421. The molecular weight excluding hydrogens is 252 g/mol. The zero-order valence-corrected chi connectivity index (χ0v) is 11.6. The van der Waals surface area contributed by atoms with Gasteiger partial charge in [-0.15, -0.1) is 0 Å². The molecule has 0 amide bonds. The molecular formula is C16H16N2S. The Morgan fingerprint density at radius 1 is 1.16 bits per heavy atom. The van der Waals surface area contributed by atoms with E-state index in [9.17, 15) is 0 Å². The lowest BCUT2D eigenvalue weighted by Gasteiger charge is -2.30. The van der Waals surface area contributed by atoms with Gasteiger partial charge in [0.15, 0.2) is 0 Å². The van der Waals surface area contributed by atoms with Crippen molar-refractivity contribution in [1.82, 2.24) is 9.97 Å². The first-order valence-corrected chi connectivity index (χ1v) is 7.43. The van der Waals surface area contributed by atoms with Crippen LogP contribution in [0.2, 0.25) is 0 Å². The maximum absolute atomic E-state index is 5.49. The third-order valence-corrected chi connectivity index (χ3v) is 4.75. The van der Waals surface area contributed by atoms with Crippen LogP contribution in [0.5, 0.6) is 0 Å². The summed E-state index contributed by atoms with van der Waals surface area (Å²) >= 11 is 5.49. The largest absolute Gasteiger partial charge is 0.346 e. The van der Waals surface area contributed by atoms with Crippen LogP contribution in [0, 0.1) is 4.64 Å². The van der Waals surface area contributed by atoms with E-state index in [0.717, 1.165) is 29.7 Å². The number of rotatable bonds is 1. The topological polar surface area (TPSA) is 28.7 Å². The third kappa shape index (κ3) is 1.76. The van der Waals surface area contributed by atoms with Crippen LogP contribution in [0.3, 0.4) is 0 Å². The summed E-state index contributed by atoms with van der Waals surface area (Å²) in [6, 6.07) is 8.63. The van der Waals surface area contributed by atoms with Crippen LogP contribution in [0.15, 0.2) is 24.3 Å². The lowest BCUT2D eigenvalue weighted by molar-refractivity contribution is 0.615. The van der Waals surface area contributed by atoms with E-state index in [1.807, 2.05) is 0 Å². The third-order valence-electron chi connectivity index (χ3n) is 4.41. The van der Waals surface area contributed by atoms with Crippen LogP contribution in [-0.2, 0) is 19.3 Å². The maximum atomic E-state index is 5.49. The molecule has 0 fully saturated rings. The van der Waals surface area contributed by atoms with E-state index in [1.54, 1.807) is 0 Å². The van der Waals surface area contributed by atoms with Gasteiger partial charge in [0.05, 0.1) is 0 Å². The number of benzene rings is 1. The summed E-state index contributed by atoms with van der Waals surface area (Å²) in [7, 11) is 0. The van der Waals surface area contributed by atoms with Gasteiger partial charge < -0.3 is 4.98 Å². The summed E-state index contributed by atoms with van der Waals surface area (Å²) in [5.74, 6) is 1.49. The van der Waals surface area contributed by atoms with Crippen molar-refractivity contribution in [3.05, 3.63) is 57.1 Å². The van der Waals surface area contributed by atoms with Gasteiger partial charge in [-0.05, 0) is 43.2 Å². The predicted molar refractivity (Wildman–Crippen MR) is 78.1 cm³/mol. The molecule has 4 rings (SSSR count). The Hall–Kier alpha value is -1.48. The molecule has 0 bridgehead atoms. The number of fused-ring (bicyclic) bond motifs is 2. The van der Waals surface area contributed by atoms with E-state index in [0.29, 0.717) is 5.92 Å². The Morgan fingerprint density at radius 2 is 2.00 bits per heavy atom. The highest BCUT2D eigenvalue weighted by Crippen LogP contribution is 2.38. The number of aryl methyl sites for hydroxylation is 1. The van der Waals surface area contributed by atoms with Crippen LogP contribution in [0.25, 0.3) is 0 Å².